The summed E-state index contributed by atoms with van der Waals surface area (Å²) in [7, 11) is 0. The zero-order valence-corrected chi connectivity index (χ0v) is 16.1. The molecule has 4 nitrogen and oxygen atoms in total. The van der Waals surface area contributed by atoms with Gasteiger partial charge in [0.05, 0.1) is 5.92 Å². The Morgan fingerprint density at radius 2 is 2.04 bits per heavy atom. The first-order chi connectivity index (χ1) is 13.2. The third-order valence-corrected chi connectivity index (χ3v) is 5.09. The van der Waals surface area contributed by atoms with Crippen molar-refractivity contribution in [2.24, 2.45) is 5.92 Å². The van der Waals surface area contributed by atoms with E-state index in [0.717, 1.165) is 54.5 Å². The molecule has 0 radical (unpaired) electrons. The van der Waals surface area contributed by atoms with E-state index in [2.05, 4.69) is 16.8 Å². The Morgan fingerprint density at radius 3 is 2.78 bits per heavy atom. The van der Waals surface area contributed by atoms with Crippen LogP contribution in [0.3, 0.4) is 0 Å². The molecule has 0 bridgehead atoms. The molecule has 5 heteroatoms. The van der Waals surface area contributed by atoms with E-state index in [-0.39, 0.29) is 11.8 Å². The van der Waals surface area contributed by atoms with Gasteiger partial charge in [-0.1, -0.05) is 42.5 Å². The number of likely N-dealkylation sites (tertiary alicyclic amines) is 1. The molecule has 1 saturated heterocycles. The first kappa shape index (κ1) is 19.5. The number of hydrogen-bond acceptors (Lipinski definition) is 3. The lowest BCUT2D eigenvalue weighted by Crippen LogP contribution is -2.40. The average Bonchev–Trinajstić information content (AvgIpc) is 2.69. The number of carbonyl (C=O) groups is 1. The number of anilines is 1. The van der Waals surface area contributed by atoms with Gasteiger partial charge in [0.2, 0.25) is 5.91 Å². The maximum atomic E-state index is 12.7. The Bertz CT molecular complexity index is 776. The Morgan fingerprint density at radius 1 is 1.26 bits per heavy atom. The van der Waals surface area contributed by atoms with Gasteiger partial charge in [0.15, 0.2) is 0 Å². The minimum Gasteiger partial charge on any atom is -0.490 e. The summed E-state index contributed by atoms with van der Waals surface area (Å²) in [5.41, 5.74) is 1.89. The summed E-state index contributed by atoms with van der Waals surface area (Å²) in [5.74, 6) is 0.813. The van der Waals surface area contributed by atoms with Crippen LogP contribution in [0.4, 0.5) is 5.69 Å². The maximum absolute atomic E-state index is 12.7. The Kier molecular flexibility index (Phi) is 6.91. The number of hydrogen-bond donors (Lipinski definition) is 1. The number of halogens is 1. The molecule has 1 amide bonds. The smallest absolute Gasteiger partial charge is 0.228 e. The predicted octanol–water partition coefficient (Wildman–Crippen LogP) is 4.76. The zero-order chi connectivity index (χ0) is 19.1. The molecule has 1 aliphatic heterocycles. The highest BCUT2D eigenvalue weighted by atomic mass is 35.5. The lowest BCUT2D eigenvalue weighted by Gasteiger charge is -2.32. The lowest BCUT2D eigenvalue weighted by atomic mass is 9.96. The number of carbonyl (C=O) groups excluding carboxylic acids is 1. The first-order valence-corrected chi connectivity index (χ1v) is 9.64. The molecule has 1 fully saturated rings. The lowest BCUT2D eigenvalue weighted by molar-refractivity contribution is -0.121. The van der Waals surface area contributed by atoms with Gasteiger partial charge in [-0.2, -0.15) is 0 Å². The Hall–Kier alpha value is -2.30. The van der Waals surface area contributed by atoms with Crippen molar-refractivity contribution in [3.05, 3.63) is 71.8 Å². The molecule has 0 saturated carbocycles. The van der Waals surface area contributed by atoms with Crippen molar-refractivity contribution in [3.63, 3.8) is 0 Å². The van der Waals surface area contributed by atoms with E-state index in [9.17, 15) is 4.79 Å². The normalized spacial score (nSPS) is 17.3. The van der Waals surface area contributed by atoms with Crippen LogP contribution in [0.15, 0.2) is 61.2 Å². The number of amides is 1. The SMILES string of the molecule is C=CCOc1ccc(NC(=O)[C@H]2CCCN(Cc3ccccc3Cl)C2)cc1. The highest BCUT2D eigenvalue weighted by molar-refractivity contribution is 6.31. The summed E-state index contributed by atoms with van der Waals surface area (Å²) in [4.78, 5) is 15.0. The van der Waals surface area contributed by atoms with Crippen LogP contribution in [0.25, 0.3) is 0 Å². The van der Waals surface area contributed by atoms with E-state index in [1.807, 2.05) is 48.5 Å². The highest BCUT2D eigenvalue weighted by Crippen LogP contribution is 2.23. The van der Waals surface area contributed by atoms with Crippen molar-refractivity contribution in [2.45, 2.75) is 19.4 Å². The standard InChI is InChI=1S/C22H25ClN2O2/c1-2-14-27-20-11-9-19(10-12-20)24-22(26)18-7-5-13-25(16-18)15-17-6-3-4-8-21(17)23/h2-4,6,8-12,18H,1,5,7,13-16H2,(H,24,26)/t18-/m0/s1. The number of ether oxygens (including phenoxy) is 1. The molecular weight excluding hydrogens is 360 g/mol. The summed E-state index contributed by atoms with van der Waals surface area (Å²) in [6.07, 6.45) is 3.62. The van der Waals surface area contributed by atoms with Crippen LogP contribution in [-0.4, -0.2) is 30.5 Å². The second-order valence-corrected chi connectivity index (χ2v) is 7.19. The third kappa shape index (κ3) is 5.59. The van der Waals surface area contributed by atoms with Gasteiger partial charge < -0.3 is 10.1 Å². The van der Waals surface area contributed by atoms with Gasteiger partial charge in [0.25, 0.3) is 0 Å². The molecule has 1 N–H and O–H groups in total. The topological polar surface area (TPSA) is 41.6 Å². The number of rotatable bonds is 7. The van der Waals surface area contributed by atoms with E-state index in [1.165, 1.54) is 0 Å². The van der Waals surface area contributed by atoms with Crippen LogP contribution in [-0.2, 0) is 11.3 Å². The minimum absolute atomic E-state index is 0.0158. The fourth-order valence-electron chi connectivity index (χ4n) is 3.31. The first-order valence-electron chi connectivity index (χ1n) is 9.26. The molecular formula is C22H25ClN2O2. The molecule has 142 valence electrons. The van der Waals surface area contributed by atoms with Crippen LogP contribution in [0, 0.1) is 5.92 Å². The summed E-state index contributed by atoms with van der Waals surface area (Å²) >= 11 is 6.27. The van der Waals surface area contributed by atoms with Crippen molar-refractivity contribution in [3.8, 4) is 5.75 Å². The third-order valence-electron chi connectivity index (χ3n) is 4.72. The molecule has 1 aliphatic rings. The summed E-state index contributed by atoms with van der Waals surface area (Å²) in [5, 5.41) is 3.80. The molecule has 0 spiro atoms. The minimum atomic E-state index is -0.0158. The van der Waals surface area contributed by atoms with Crippen LogP contribution < -0.4 is 10.1 Å². The summed E-state index contributed by atoms with van der Waals surface area (Å²) < 4.78 is 5.46. The van der Waals surface area contributed by atoms with E-state index in [4.69, 9.17) is 16.3 Å². The Balaban J connectivity index is 1.55. The van der Waals surface area contributed by atoms with Gasteiger partial charge in [-0.05, 0) is 55.3 Å². The molecule has 3 rings (SSSR count). The monoisotopic (exact) mass is 384 g/mol. The van der Waals surface area contributed by atoms with E-state index in [1.54, 1.807) is 6.08 Å². The molecule has 0 unspecified atom stereocenters. The molecule has 0 aliphatic carbocycles. The fourth-order valence-corrected chi connectivity index (χ4v) is 3.51. The summed E-state index contributed by atoms with van der Waals surface area (Å²) in [6, 6.07) is 15.3. The number of nitrogens with zero attached hydrogens (tertiary/aromatic N) is 1. The van der Waals surface area contributed by atoms with Gasteiger partial charge in [-0.3, -0.25) is 9.69 Å². The van der Waals surface area contributed by atoms with Gasteiger partial charge in [0, 0.05) is 23.8 Å². The average molecular weight is 385 g/mol. The molecule has 2 aromatic rings. The summed E-state index contributed by atoms with van der Waals surface area (Å²) in [6.45, 7) is 6.61. The predicted molar refractivity (Wildman–Crippen MR) is 110 cm³/mol. The van der Waals surface area contributed by atoms with E-state index < -0.39 is 0 Å². The highest BCUT2D eigenvalue weighted by Gasteiger charge is 2.26. The molecule has 1 atom stereocenters. The van der Waals surface area contributed by atoms with Crippen molar-refractivity contribution in [1.82, 2.24) is 4.90 Å². The fraction of sp³-hybridized carbons (Fsp3) is 0.318. The van der Waals surface area contributed by atoms with Crippen molar-refractivity contribution in [2.75, 3.05) is 25.0 Å². The van der Waals surface area contributed by atoms with Gasteiger partial charge >= 0.3 is 0 Å². The molecule has 27 heavy (non-hydrogen) atoms. The number of piperidine rings is 1. The quantitative estimate of drug-likeness (QED) is 0.700. The molecule has 2 aromatic carbocycles. The van der Waals surface area contributed by atoms with Crippen LogP contribution in [0.2, 0.25) is 5.02 Å². The molecule has 0 aromatic heterocycles. The van der Waals surface area contributed by atoms with Crippen LogP contribution >= 0.6 is 11.6 Å². The van der Waals surface area contributed by atoms with E-state index in [0.29, 0.717) is 6.61 Å². The van der Waals surface area contributed by atoms with E-state index >= 15 is 0 Å². The van der Waals surface area contributed by atoms with Crippen molar-refractivity contribution >= 4 is 23.2 Å². The van der Waals surface area contributed by atoms with Crippen molar-refractivity contribution in [1.29, 1.82) is 0 Å². The van der Waals surface area contributed by atoms with Gasteiger partial charge in [-0.25, -0.2) is 0 Å². The van der Waals surface area contributed by atoms with Crippen molar-refractivity contribution < 1.29 is 9.53 Å². The largest absolute Gasteiger partial charge is 0.490 e. The van der Waals surface area contributed by atoms with Crippen LogP contribution in [0.5, 0.6) is 5.75 Å². The van der Waals surface area contributed by atoms with Gasteiger partial charge in [-0.15, -0.1) is 0 Å². The number of benzene rings is 2. The van der Waals surface area contributed by atoms with Crippen LogP contribution in [0.1, 0.15) is 18.4 Å². The molecule has 1 heterocycles. The number of nitrogens with one attached hydrogen (secondary N) is 1. The second kappa shape index (κ2) is 9.58. The maximum Gasteiger partial charge on any atom is 0.228 e. The van der Waals surface area contributed by atoms with Gasteiger partial charge in [0.1, 0.15) is 12.4 Å². The second-order valence-electron chi connectivity index (χ2n) is 6.78. The Labute approximate surface area is 165 Å². The zero-order valence-electron chi connectivity index (χ0n) is 15.4.